The number of nitrogens with zero attached hydrogens (tertiary/aromatic N) is 1. The highest BCUT2D eigenvalue weighted by atomic mass is 28.2. The average molecular weight is 458 g/mol. The first-order valence-corrected chi connectivity index (χ1v) is 10.8. The summed E-state index contributed by atoms with van der Waals surface area (Å²) in [5.41, 5.74) is 1.28. The van der Waals surface area contributed by atoms with Crippen LogP contribution in [-0.2, 0) is 4.43 Å². The molecule has 2 radical (unpaired) electrons. The van der Waals surface area contributed by atoms with Crippen LogP contribution in [0.15, 0.2) is 48.5 Å². The highest BCUT2D eigenvalue weighted by Crippen LogP contribution is 2.37. The molecule has 0 amide bonds. The van der Waals surface area contributed by atoms with Gasteiger partial charge in [-0.05, 0) is 35.2 Å². The van der Waals surface area contributed by atoms with Gasteiger partial charge in [0, 0.05) is 24.0 Å². The van der Waals surface area contributed by atoms with Gasteiger partial charge in [-0.2, -0.15) is 17.6 Å². The molecule has 2 aromatic carbocycles. The van der Waals surface area contributed by atoms with E-state index in [1.54, 1.807) is 0 Å². The zero-order valence-corrected chi connectivity index (χ0v) is 18.9. The molecule has 0 saturated heterocycles. The normalized spacial score (nSPS) is 12.0. The minimum absolute atomic E-state index is 0.0319. The largest absolute Gasteiger partial charge is 0.431 e. The summed E-state index contributed by atoms with van der Waals surface area (Å²) >= 11 is 0. The fraction of sp³-hybridized carbons (Fsp3) is 0.455. The first-order valence-electron chi connectivity index (χ1n) is 9.85. The van der Waals surface area contributed by atoms with Crippen molar-refractivity contribution in [2.75, 3.05) is 18.1 Å². The molecule has 2 aromatic rings. The topological polar surface area (TPSA) is 30.9 Å². The predicted molar refractivity (Wildman–Crippen MR) is 114 cm³/mol. The smallest absolute Gasteiger partial charge is 0.387 e. The third kappa shape index (κ3) is 7.73. The summed E-state index contributed by atoms with van der Waals surface area (Å²) < 4.78 is 65.5. The Labute approximate surface area is 183 Å². The maximum Gasteiger partial charge on any atom is 0.387 e. The van der Waals surface area contributed by atoms with Crippen LogP contribution in [0, 0.1) is 5.92 Å². The Balaban J connectivity index is 2.25. The van der Waals surface area contributed by atoms with Gasteiger partial charge in [0.15, 0.2) is 11.5 Å². The fourth-order valence-electron chi connectivity index (χ4n) is 2.55. The van der Waals surface area contributed by atoms with Crippen LogP contribution in [0.5, 0.6) is 11.5 Å². The lowest BCUT2D eigenvalue weighted by atomic mass is 9.99. The zero-order valence-electron chi connectivity index (χ0n) is 17.9. The summed E-state index contributed by atoms with van der Waals surface area (Å²) in [6, 6.07) is 13.2. The van der Waals surface area contributed by atoms with E-state index in [0.29, 0.717) is 24.8 Å². The summed E-state index contributed by atoms with van der Waals surface area (Å²) in [5.74, 6) is -0.464. The van der Waals surface area contributed by atoms with Crippen LogP contribution in [0.4, 0.5) is 28.9 Å². The first-order chi connectivity index (χ1) is 14.6. The van der Waals surface area contributed by atoms with Crippen molar-refractivity contribution >= 4 is 21.1 Å². The highest BCUT2D eigenvalue weighted by molar-refractivity contribution is 6.32. The molecule has 0 aromatic heterocycles. The van der Waals surface area contributed by atoms with Crippen LogP contribution >= 0.6 is 0 Å². The summed E-state index contributed by atoms with van der Waals surface area (Å²) in [6.45, 7) is 3.04. The highest BCUT2D eigenvalue weighted by Gasteiger charge is 2.25. The van der Waals surface area contributed by atoms with Gasteiger partial charge in [0.05, 0.1) is 6.61 Å². The van der Waals surface area contributed by atoms with Crippen LogP contribution in [-0.4, -0.2) is 36.1 Å². The zero-order chi connectivity index (χ0) is 23.0. The number of benzene rings is 2. The third-order valence-corrected chi connectivity index (χ3v) is 6.39. The van der Waals surface area contributed by atoms with E-state index >= 15 is 0 Å². The molecule has 0 fully saturated rings. The third-order valence-electron chi connectivity index (χ3n) is 4.93. The van der Waals surface area contributed by atoms with Gasteiger partial charge in [0.2, 0.25) is 9.76 Å². The number of halogens is 4. The number of hydrogen-bond acceptors (Lipinski definition) is 4. The van der Waals surface area contributed by atoms with Gasteiger partial charge in [0.25, 0.3) is 0 Å². The second kappa shape index (κ2) is 11.4. The Morgan fingerprint density at radius 3 is 2.06 bits per heavy atom. The number of ether oxygens (including phenoxy) is 2. The Bertz CT molecular complexity index is 807. The van der Waals surface area contributed by atoms with Crippen molar-refractivity contribution in [1.29, 1.82) is 0 Å². The van der Waals surface area contributed by atoms with E-state index in [1.807, 2.05) is 35.2 Å². The van der Waals surface area contributed by atoms with Crippen molar-refractivity contribution in [3.05, 3.63) is 48.5 Å². The first kappa shape index (κ1) is 25.0. The minimum Gasteiger partial charge on any atom is -0.431 e. The van der Waals surface area contributed by atoms with Crippen LogP contribution in [0.1, 0.15) is 27.7 Å². The molecule has 0 heterocycles. The molecule has 0 aliphatic rings. The number of alkyl halides is 4. The van der Waals surface area contributed by atoms with Crippen molar-refractivity contribution in [3.8, 4) is 11.5 Å². The van der Waals surface area contributed by atoms with Crippen LogP contribution in [0.2, 0.25) is 5.04 Å². The van der Waals surface area contributed by atoms with E-state index in [-0.39, 0.29) is 14.8 Å². The predicted octanol–water partition coefficient (Wildman–Crippen LogP) is 6.52. The van der Waals surface area contributed by atoms with Gasteiger partial charge in [-0.1, -0.05) is 45.9 Å². The number of anilines is 2. The standard InChI is InChI=1S/C22H27F4NO3Si/c1-15(2)22(3,4)31-28-13-12-27(16-8-6-5-7-9-16)17-10-11-18(29-20(23)24)19(14-17)30-21(25)26/h5-11,14-15,20-21H,12-13H2,1-4H3. The maximum atomic E-state index is 12.8. The van der Waals surface area contributed by atoms with E-state index in [9.17, 15) is 17.6 Å². The van der Waals surface area contributed by atoms with E-state index in [2.05, 4.69) is 37.2 Å². The summed E-state index contributed by atoms with van der Waals surface area (Å²) in [7, 11) is 0.290. The Morgan fingerprint density at radius 2 is 1.48 bits per heavy atom. The van der Waals surface area contributed by atoms with Gasteiger partial charge in [0.1, 0.15) is 0 Å². The van der Waals surface area contributed by atoms with E-state index < -0.39 is 24.7 Å². The number of hydrogen-bond donors (Lipinski definition) is 0. The quantitative estimate of drug-likeness (QED) is 0.206. The molecule has 31 heavy (non-hydrogen) atoms. The second-order valence-corrected chi connectivity index (χ2v) is 9.48. The lowest BCUT2D eigenvalue weighted by molar-refractivity contribution is -0.0692. The number of para-hydroxylation sites is 1. The van der Waals surface area contributed by atoms with Gasteiger partial charge in [-0.3, -0.25) is 0 Å². The summed E-state index contributed by atoms with van der Waals surface area (Å²) in [5, 5.41) is 0.0319. The lowest BCUT2D eigenvalue weighted by Crippen LogP contribution is -2.27. The molecule has 170 valence electrons. The van der Waals surface area contributed by atoms with Gasteiger partial charge in [-0.15, -0.1) is 0 Å². The molecule has 0 bridgehead atoms. The monoisotopic (exact) mass is 457 g/mol. The molecule has 0 atom stereocenters. The Kier molecular flexibility index (Phi) is 9.18. The van der Waals surface area contributed by atoms with Crippen LogP contribution < -0.4 is 14.4 Å². The molecule has 0 N–H and O–H groups in total. The molecule has 9 heteroatoms. The molecule has 0 aliphatic carbocycles. The minimum atomic E-state index is -3.18. The van der Waals surface area contributed by atoms with Gasteiger partial charge < -0.3 is 18.8 Å². The average Bonchev–Trinajstić information content (AvgIpc) is 2.69. The van der Waals surface area contributed by atoms with Crippen molar-refractivity contribution in [1.82, 2.24) is 0 Å². The van der Waals surface area contributed by atoms with Crippen molar-refractivity contribution < 1.29 is 31.5 Å². The maximum absolute atomic E-state index is 12.8. The Morgan fingerprint density at radius 1 is 0.871 bits per heavy atom. The fourth-order valence-corrected chi connectivity index (χ4v) is 3.35. The molecule has 4 nitrogen and oxygen atoms in total. The molecule has 0 spiro atoms. The summed E-state index contributed by atoms with van der Waals surface area (Å²) in [4.78, 5) is 1.84. The molecule has 2 rings (SSSR count). The van der Waals surface area contributed by atoms with Gasteiger partial charge in [-0.25, -0.2) is 0 Å². The second-order valence-electron chi connectivity index (χ2n) is 7.70. The molecule has 0 saturated carbocycles. The van der Waals surface area contributed by atoms with Gasteiger partial charge >= 0.3 is 13.2 Å². The molecular formula is C22H27F4NO3Si. The van der Waals surface area contributed by atoms with Crippen LogP contribution in [0.3, 0.4) is 0 Å². The van der Waals surface area contributed by atoms with E-state index in [4.69, 9.17) is 4.43 Å². The molecule has 0 unspecified atom stereocenters. The van der Waals surface area contributed by atoms with Crippen molar-refractivity contribution in [2.24, 2.45) is 5.92 Å². The van der Waals surface area contributed by atoms with Crippen LogP contribution in [0.25, 0.3) is 0 Å². The molecular weight excluding hydrogens is 430 g/mol. The van der Waals surface area contributed by atoms with E-state index in [1.165, 1.54) is 18.2 Å². The number of rotatable bonds is 12. The summed E-state index contributed by atoms with van der Waals surface area (Å²) in [6.07, 6.45) is 0. The molecule has 0 aliphatic heterocycles. The SMILES string of the molecule is CC(C)C(C)(C)[Si]OCCN(c1ccccc1)c1ccc(OC(F)F)c(OC(F)F)c1. The Hall–Kier alpha value is -2.26. The lowest BCUT2D eigenvalue weighted by Gasteiger charge is -2.29. The van der Waals surface area contributed by atoms with Crippen molar-refractivity contribution in [2.45, 2.75) is 46.0 Å². The van der Waals surface area contributed by atoms with Crippen molar-refractivity contribution in [3.63, 3.8) is 0 Å². The van der Waals surface area contributed by atoms with E-state index in [0.717, 1.165) is 5.69 Å².